The molecular weight excluding hydrogens is 428 g/mol. The van der Waals surface area contributed by atoms with Crippen molar-refractivity contribution in [2.24, 2.45) is 5.92 Å². The van der Waals surface area contributed by atoms with Crippen LogP contribution in [0, 0.1) is 17.2 Å². The number of nitriles is 1. The minimum absolute atomic E-state index is 0.0829. The lowest BCUT2D eigenvalue weighted by molar-refractivity contribution is 0.0947. The number of rotatable bonds is 7. The molecule has 0 atom stereocenters. The monoisotopic (exact) mass is 456 g/mol. The zero-order valence-electron chi connectivity index (χ0n) is 19.4. The average molecular weight is 457 g/mol. The molecule has 1 aromatic heterocycles. The quantitative estimate of drug-likeness (QED) is 0.525. The number of hydrogen-bond acceptors (Lipinski definition) is 7. The maximum atomic E-state index is 13.0. The predicted molar refractivity (Wildman–Crippen MR) is 129 cm³/mol. The molecule has 0 radical (unpaired) electrons. The van der Waals surface area contributed by atoms with Crippen molar-refractivity contribution in [1.29, 1.82) is 5.26 Å². The van der Waals surface area contributed by atoms with E-state index in [0.717, 1.165) is 37.8 Å². The fourth-order valence-electron chi connectivity index (χ4n) is 4.07. The number of aromatic nitrogens is 2. The van der Waals surface area contributed by atoms with Crippen LogP contribution in [0.1, 0.15) is 46.7 Å². The maximum absolute atomic E-state index is 13.0. The zero-order valence-corrected chi connectivity index (χ0v) is 19.4. The Hall–Kier alpha value is -3.96. The van der Waals surface area contributed by atoms with E-state index in [1.165, 1.54) is 16.1 Å². The summed E-state index contributed by atoms with van der Waals surface area (Å²) in [4.78, 5) is 23.2. The van der Waals surface area contributed by atoms with Gasteiger partial charge in [0.25, 0.3) is 5.91 Å². The molecule has 0 unspecified atom stereocenters. The minimum Gasteiger partial charge on any atom is -0.503 e. The van der Waals surface area contributed by atoms with Crippen LogP contribution in [0.25, 0.3) is 0 Å². The van der Waals surface area contributed by atoms with Gasteiger partial charge in [0, 0.05) is 31.7 Å². The Balaban J connectivity index is 1.43. The van der Waals surface area contributed by atoms with Gasteiger partial charge in [-0.2, -0.15) is 10.2 Å². The highest BCUT2D eigenvalue weighted by Gasteiger charge is 2.20. The van der Waals surface area contributed by atoms with Gasteiger partial charge in [0.05, 0.1) is 6.20 Å². The standard InChI is InChI=1S/C26H28N6O2/c1-18(2)15-32(25-23(33)14-28-24(13-27)29-25)30-26(34)21-9-7-19(8-10-21)16-31-12-11-20-5-3-4-6-22(20)17-31/h3-10,14,18,33H,11-12,15-17H2,1-2H3,(H,30,34). The molecule has 3 aromatic rings. The van der Waals surface area contributed by atoms with Crippen LogP contribution in [0.3, 0.4) is 0 Å². The van der Waals surface area contributed by atoms with E-state index in [1.54, 1.807) is 12.1 Å². The highest BCUT2D eigenvalue weighted by molar-refractivity contribution is 5.95. The molecule has 34 heavy (non-hydrogen) atoms. The highest BCUT2D eigenvalue weighted by atomic mass is 16.3. The molecule has 1 amide bonds. The first kappa shape index (κ1) is 23.2. The lowest BCUT2D eigenvalue weighted by atomic mass is 9.99. The number of amides is 1. The number of nitrogens with one attached hydrogen (secondary N) is 1. The van der Waals surface area contributed by atoms with Crippen LogP contribution >= 0.6 is 0 Å². The number of carbonyl (C=O) groups excluding carboxylic acids is 1. The third-order valence-electron chi connectivity index (χ3n) is 5.72. The summed E-state index contributed by atoms with van der Waals surface area (Å²) in [5, 5.41) is 20.8. The second-order valence-corrected chi connectivity index (χ2v) is 8.89. The van der Waals surface area contributed by atoms with Gasteiger partial charge in [-0.05, 0) is 41.2 Å². The summed E-state index contributed by atoms with van der Waals surface area (Å²) in [5.74, 6) is -0.359. The Kier molecular flexibility index (Phi) is 7.04. The molecule has 2 heterocycles. The largest absolute Gasteiger partial charge is 0.503 e. The number of benzene rings is 2. The molecule has 1 aliphatic heterocycles. The van der Waals surface area contributed by atoms with Gasteiger partial charge in [0.1, 0.15) is 6.07 Å². The summed E-state index contributed by atoms with van der Waals surface area (Å²) in [6.07, 6.45) is 2.21. The number of hydrogen-bond donors (Lipinski definition) is 2. The van der Waals surface area contributed by atoms with Gasteiger partial charge in [-0.15, -0.1) is 0 Å². The van der Waals surface area contributed by atoms with Crippen LogP contribution in [0.2, 0.25) is 0 Å². The topological polar surface area (TPSA) is 105 Å². The van der Waals surface area contributed by atoms with Crippen molar-refractivity contribution in [3.8, 4) is 11.8 Å². The molecule has 174 valence electrons. The average Bonchev–Trinajstić information content (AvgIpc) is 2.84. The number of fused-ring (bicyclic) bond motifs is 1. The van der Waals surface area contributed by atoms with Crippen LogP contribution in [-0.4, -0.2) is 39.0 Å². The smallest absolute Gasteiger partial charge is 0.269 e. The van der Waals surface area contributed by atoms with Crippen molar-refractivity contribution >= 4 is 11.7 Å². The van der Waals surface area contributed by atoms with Crippen molar-refractivity contribution in [3.05, 3.63) is 82.8 Å². The van der Waals surface area contributed by atoms with E-state index in [1.807, 2.05) is 32.0 Å². The fraction of sp³-hybridized carbons (Fsp3) is 0.308. The van der Waals surface area contributed by atoms with Gasteiger partial charge < -0.3 is 5.11 Å². The molecule has 0 bridgehead atoms. The van der Waals surface area contributed by atoms with Crippen molar-refractivity contribution in [1.82, 2.24) is 20.3 Å². The Morgan fingerprint density at radius 2 is 1.94 bits per heavy atom. The lowest BCUT2D eigenvalue weighted by Crippen LogP contribution is -2.45. The van der Waals surface area contributed by atoms with Crippen molar-refractivity contribution in [2.45, 2.75) is 33.4 Å². The Bertz CT molecular complexity index is 1200. The van der Waals surface area contributed by atoms with Gasteiger partial charge in [-0.25, -0.2) is 4.98 Å². The number of anilines is 1. The third kappa shape index (κ3) is 5.50. The van der Waals surface area contributed by atoms with Crippen LogP contribution in [0.15, 0.2) is 54.7 Å². The molecular formula is C26H28N6O2. The summed E-state index contributed by atoms with van der Waals surface area (Å²) in [6, 6.07) is 18.0. The molecule has 0 aliphatic carbocycles. The molecule has 1 aliphatic rings. The Morgan fingerprint density at radius 3 is 2.65 bits per heavy atom. The summed E-state index contributed by atoms with van der Waals surface area (Å²) < 4.78 is 0. The number of aromatic hydroxyl groups is 1. The molecule has 0 spiro atoms. The van der Waals surface area contributed by atoms with Gasteiger partial charge >= 0.3 is 0 Å². The molecule has 8 heteroatoms. The van der Waals surface area contributed by atoms with Crippen molar-refractivity contribution in [3.63, 3.8) is 0 Å². The second-order valence-electron chi connectivity index (χ2n) is 8.89. The summed E-state index contributed by atoms with van der Waals surface area (Å²) in [5.41, 5.74) is 7.25. The fourth-order valence-corrected chi connectivity index (χ4v) is 4.07. The van der Waals surface area contributed by atoms with Gasteiger partial charge in [0.2, 0.25) is 5.82 Å². The van der Waals surface area contributed by atoms with Crippen LogP contribution in [0.4, 0.5) is 5.82 Å². The first-order chi connectivity index (χ1) is 16.4. The molecule has 0 fully saturated rings. The summed E-state index contributed by atoms with van der Waals surface area (Å²) in [7, 11) is 0. The van der Waals surface area contributed by atoms with Gasteiger partial charge in [-0.3, -0.25) is 20.1 Å². The number of nitrogens with zero attached hydrogens (tertiary/aromatic N) is 5. The first-order valence-corrected chi connectivity index (χ1v) is 11.4. The van der Waals surface area contributed by atoms with E-state index in [-0.39, 0.29) is 29.2 Å². The van der Waals surface area contributed by atoms with E-state index in [4.69, 9.17) is 5.26 Å². The zero-order chi connectivity index (χ0) is 24.1. The SMILES string of the molecule is CC(C)CN(NC(=O)c1ccc(CN2CCc3ccccc3C2)cc1)c1nc(C#N)ncc1O. The van der Waals surface area contributed by atoms with Crippen LogP contribution in [-0.2, 0) is 19.5 Å². The molecule has 2 N–H and O–H groups in total. The lowest BCUT2D eigenvalue weighted by Gasteiger charge is -2.28. The van der Waals surface area contributed by atoms with E-state index in [2.05, 4.69) is 44.6 Å². The van der Waals surface area contributed by atoms with E-state index in [0.29, 0.717) is 12.1 Å². The third-order valence-corrected chi connectivity index (χ3v) is 5.72. The molecule has 2 aromatic carbocycles. The summed E-state index contributed by atoms with van der Waals surface area (Å²) >= 11 is 0. The Morgan fingerprint density at radius 1 is 1.21 bits per heavy atom. The number of carbonyl (C=O) groups is 1. The van der Waals surface area contributed by atoms with Gasteiger partial charge in [-0.1, -0.05) is 50.2 Å². The van der Waals surface area contributed by atoms with Gasteiger partial charge in [0.15, 0.2) is 11.6 Å². The molecule has 0 saturated carbocycles. The predicted octanol–water partition coefficient (Wildman–Crippen LogP) is 3.42. The Labute approximate surface area is 199 Å². The van der Waals surface area contributed by atoms with E-state index >= 15 is 0 Å². The van der Waals surface area contributed by atoms with E-state index in [9.17, 15) is 9.90 Å². The van der Waals surface area contributed by atoms with Crippen LogP contribution in [0.5, 0.6) is 5.75 Å². The summed E-state index contributed by atoms with van der Waals surface area (Å²) in [6.45, 7) is 7.12. The van der Waals surface area contributed by atoms with Crippen molar-refractivity contribution < 1.29 is 9.90 Å². The maximum Gasteiger partial charge on any atom is 0.269 e. The minimum atomic E-state index is -0.324. The molecule has 8 nitrogen and oxygen atoms in total. The first-order valence-electron chi connectivity index (χ1n) is 11.4. The van der Waals surface area contributed by atoms with Crippen LogP contribution < -0.4 is 10.4 Å². The number of hydrazine groups is 1. The molecule has 0 saturated heterocycles. The normalized spacial score (nSPS) is 13.2. The second kappa shape index (κ2) is 10.3. The van der Waals surface area contributed by atoms with E-state index < -0.39 is 0 Å². The highest BCUT2D eigenvalue weighted by Crippen LogP contribution is 2.24. The van der Waals surface area contributed by atoms with Crippen molar-refractivity contribution in [2.75, 3.05) is 18.1 Å². The molecule has 4 rings (SSSR count).